The van der Waals surface area contributed by atoms with E-state index in [0.29, 0.717) is 12.0 Å². The van der Waals surface area contributed by atoms with E-state index in [0.717, 1.165) is 58.2 Å². The summed E-state index contributed by atoms with van der Waals surface area (Å²) in [4.78, 5) is 13.8. The number of aryl methyl sites for hydroxylation is 1. The van der Waals surface area contributed by atoms with Crippen LogP contribution >= 0.6 is 11.3 Å². The lowest BCUT2D eigenvalue weighted by Gasteiger charge is -2.19. The molecule has 6 nitrogen and oxygen atoms in total. The van der Waals surface area contributed by atoms with Gasteiger partial charge in [0.25, 0.3) is 0 Å². The molecule has 0 radical (unpaired) electrons. The third-order valence-electron chi connectivity index (χ3n) is 5.82. The number of aliphatic hydroxyl groups is 1. The average molecular weight is 432 g/mol. The second-order valence-corrected chi connectivity index (χ2v) is 9.10. The molecule has 2 atom stereocenters. The fraction of sp³-hybridized carbons (Fsp3) is 0.292. The summed E-state index contributed by atoms with van der Waals surface area (Å²) in [5.41, 5.74) is 4.97. The second-order valence-electron chi connectivity index (χ2n) is 8.07. The van der Waals surface area contributed by atoms with Crippen molar-refractivity contribution in [2.75, 3.05) is 17.2 Å². The van der Waals surface area contributed by atoms with Crippen molar-refractivity contribution in [3.05, 3.63) is 60.6 Å². The van der Waals surface area contributed by atoms with Crippen LogP contribution in [0, 0.1) is 12.8 Å². The lowest BCUT2D eigenvalue weighted by Crippen LogP contribution is -2.17. The Morgan fingerprint density at radius 2 is 1.94 bits per heavy atom. The van der Waals surface area contributed by atoms with Crippen molar-refractivity contribution in [2.45, 2.75) is 32.2 Å². The minimum atomic E-state index is 0.257. The number of aliphatic hydroxyl groups excluding tert-OH is 1. The Morgan fingerprint density at radius 1 is 1.10 bits per heavy atom. The van der Waals surface area contributed by atoms with E-state index >= 15 is 0 Å². The van der Waals surface area contributed by atoms with E-state index < -0.39 is 0 Å². The van der Waals surface area contributed by atoms with Gasteiger partial charge < -0.3 is 15.7 Å². The van der Waals surface area contributed by atoms with Crippen LogP contribution in [0.25, 0.3) is 20.8 Å². The smallest absolute Gasteiger partial charge is 0.132 e. The number of hydrogen-bond donors (Lipinski definition) is 3. The Kier molecular flexibility index (Phi) is 5.53. The first-order valence-corrected chi connectivity index (χ1v) is 11.4. The molecule has 2 unspecified atom stereocenters. The number of thiazole rings is 1. The summed E-state index contributed by atoms with van der Waals surface area (Å²) in [6.07, 6.45) is 6.61. The standard InChI is InChI=1S/C24H25N5OS/c1-15-23(24-29-19-4-2-3-5-21(19)31-24)20(27-18-7-6-16(12-18)14-30)13-22(26-15)28-17-8-10-25-11-9-17/h2-5,8-11,13,16,18,30H,6-7,12,14H2,1H3,(H2,25,26,27,28). The Hall–Kier alpha value is -3.03. The van der Waals surface area contributed by atoms with E-state index in [9.17, 15) is 5.11 Å². The van der Waals surface area contributed by atoms with Crippen LogP contribution in [0.3, 0.4) is 0 Å². The maximum Gasteiger partial charge on any atom is 0.132 e. The van der Waals surface area contributed by atoms with Gasteiger partial charge in [-0.1, -0.05) is 12.1 Å². The molecule has 0 bridgehead atoms. The Bertz CT molecular complexity index is 1160. The number of fused-ring (bicyclic) bond motifs is 1. The van der Waals surface area contributed by atoms with Crippen molar-refractivity contribution in [1.82, 2.24) is 15.0 Å². The van der Waals surface area contributed by atoms with Gasteiger partial charge in [-0.3, -0.25) is 4.98 Å². The van der Waals surface area contributed by atoms with Gasteiger partial charge in [-0.25, -0.2) is 9.97 Å². The molecule has 1 aliphatic rings. The number of benzene rings is 1. The SMILES string of the molecule is Cc1nc(Nc2ccncc2)cc(NC2CCC(CO)C2)c1-c1nc2ccccc2s1. The van der Waals surface area contributed by atoms with E-state index in [-0.39, 0.29) is 6.61 Å². The minimum absolute atomic E-state index is 0.257. The van der Waals surface area contributed by atoms with Crippen molar-refractivity contribution in [2.24, 2.45) is 5.92 Å². The van der Waals surface area contributed by atoms with Crippen LogP contribution in [0.5, 0.6) is 0 Å². The molecule has 4 aromatic rings. The maximum absolute atomic E-state index is 9.55. The first-order chi connectivity index (χ1) is 15.2. The molecule has 158 valence electrons. The number of nitrogens with zero attached hydrogens (tertiary/aromatic N) is 3. The lowest BCUT2D eigenvalue weighted by atomic mass is 10.1. The molecule has 5 rings (SSSR count). The summed E-state index contributed by atoms with van der Waals surface area (Å²) in [6.45, 7) is 2.29. The molecule has 0 amide bonds. The molecular formula is C24H25N5OS. The van der Waals surface area contributed by atoms with Gasteiger partial charge in [-0.05, 0) is 56.4 Å². The van der Waals surface area contributed by atoms with E-state index in [4.69, 9.17) is 9.97 Å². The molecule has 3 aromatic heterocycles. The highest BCUT2D eigenvalue weighted by Gasteiger charge is 2.26. The quantitative estimate of drug-likeness (QED) is 0.380. The van der Waals surface area contributed by atoms with Crippen LogP contribution in [-0.4, -0.2) is 32.7 Å². The van der Waals surface area contributed by atoms with Crippen LogP contribution in [-0.2, 0) is 0 Å². The molecule has 1 saturated carbocycles. The summed E-state index contributed by atoms with van der Waals surface area (Å²) in [6, 6.07) is 14.5. The Balaban J connectivity index is 1.55. The summed E-state index contributed by atoms with van der Waals surface area (Å²) < 4.78 is 1.17. The molecule has 1 aliphatic carbocycles. The van der Waals surface area contributed by atoms with Gasteiger partial charge in [-0.15, -0.1) is 11.3 Å². The van der Waals surface area contributed by atoms with Gasteiger partial charge in [0, 0.05) is 36.8 Å². The molecule has 31 heavy (non-hydrogen) atoms. The van der Waals surface area contributed by atoms with Crippen LogP contribution in [0.2, 0.25) is 0 Å². The summed E-state index contributed by atoms with van der Waals surface area (Å²) >= 11 is 1.69. The topological polar surface area (TPSA) is 83.0 Å². The van der Waals surface area contributed by atoms with Crippen molar-refractivity contribution >= 4 is 38.7 Å². The van der Waals surface area contributed by atoms with Gasteiger partial charge >= 0.3 is 0 Å². The largest absolute Gasteiger partial charge is 0.396 e. The number of para-hydroxylation sites is 1. The molecule has 1 fully saturated rings. The molecule has 7 heteroatoms. The zero-order valence-corrected chi connectivity index (χ0v) is 18.2. The highest BCUT2D eigenvalue weighted by molar-refractivity contribution is 7.21. The van der Waals surface area contributed by atoms with Crippen LogP contribution in [0.4, 0.5) is 17.2 Å². The van der Waals surface area contributed by atoms with Gasteiger partial charge in [0.15, 0.2) is 0 Å². The average Bonchev–Trinajstić information content (AvgIpc) is 3.40. The molecular weight excluding hydrogens is 406 g/mol. The molecule has 0 spiro atoms. The molecule has 3 heterocycles. The van der Waals surface area contributed by atoms with Crippen molar-refractivity contribution in [1.29, 1.82) is 0 Å². The summed E-state index contributed by atoms with van der Waals surface area (Å²) in [7, 11) is 0. The van der Waals surface area contributed by atoms with Gasteiger partial charge in [0.2, 0.25) is 0 Å². The zero-order chi connectivity index (χ0) is 21.2. The number of nitrogens with one attached hydrogen (secondary N) is 2. The second kappa shape index (κ2) is 8.61. The summed E-state index contributed by atoms with van der Waals surface area (Å²) in [5, 5.41) is 17.7. The monoisotopic (exact) mass is 431 g/mol. The zero-order valence-electron chi connectivity index (χ0n) is 17.4. The number of rotatable bonds is 6. The van der Waals surface area contributed by atoms with Gasteiger partial charge in [0.1, 0.15) is 10.8 Å². The van der Waals surface area contributed by atoms with Crippen LogP contribution < -0.4 is 10.6 Å². The first kappa shape index (κ1) is 19.9. The normalized spacial score (nSPS) is 18.4. The van der Waals surface area contributed by atoms with E-state index in [1.165, 1.54) is 4.70 Å². The fourth-order valence-electron chi connectivity index (χ4n) is 4.27. The van der Waals surface area contributed by atoms with E-state index in [1.54, 1.807) is 23.7 Å². The van der Waals surface area contributed by atoms with Crippen LogP contribution in [0.15, 0.2) is 54.9 Å². The predicted octanol–water partition coefficient (Wildman–Crippen LogP) is 5.38. The fourth-order valence-corrected chi connectivity index (χ4v) is 5.35. The number of aromatic nitrogens is 3. The predicted molar refractivity (Wildman–Crippen MR) is 127 cm³/mol. The van der Waals surface area contributed by atoms with Crippen molar-refractivity contribution in [3.63, 3.8) is 0 Å². The molecule has 0 aliphatic heterocycles. The van der Waals surface area contributed by atoms with E-state index in [2.05, 4.69) is 27.8 Å². The van der Waals surface area contributed by atoms with Gasteiger partial charge in [-0.2, -0.15) is 0 Å². The number of hydrogen-bond acceptors (Lipinski definition) is 7. The van der Waals surface area contributed by atoms with Gasteiger partial charge in [0.05, 0.1) is 27.2 Å². The Labute approximate surface area is 185 Å². The van der Waals surface area contributed by atoms with E-state index in [1.807, 2.05) is 37.3 Å². The van der Waals surface area contributed by atoms with Crippen molar-refractivity contribution < 1.29 is 5.11 Å². The molecule has 3 N–H and O–H groups in total. The third-order valence-corrected chi connectivity index (χ3v) is 6.87. The lowest BCUT2D eigenvalue weighted by molar-refractivity contribution is 0.229. The number of pyridine rings is 2. The molecule has 0 saturated heterocycles. The minimum Gasteiger partial charge on any atom is -0.396 e. The maximum atomic E-state index is 9.55. The first-order valence-electron chi connectivity index (χ1n) is 10.6. The number of anilines is 3. The highest BCUT2D eigenvalue weighted by atomic mass is 32.1. The third kappa shape index (κ3) is 4.24. The summed E-state index contributed by atoms with van der Waals surface area (Å²) in [5.74, 6) is 1.16. The highest BCUT2D eigenvalue weighted by Crippen LogP contribution is 2.39. The Morgan fingerprint density at radius 3 is 2.71 bits per heavy atom. The van der Waals surface area contributed by atoms with Crippen LogP contribution in [0.1, 0.15) is 25.0 Å². The molecule has 1 aromatic carbocycles. The van der Waals surface area contributed by atoms with Crippen molar-refractivity contribution in [3.8, 4) is 10.6 Å².